The summed E-state index contributed by atoms with van der Waals surface area (Å²) in [6.45, 7) is 0.393. The van der Waals surface area contributed by atoms with Gasteiger partial charge in [-0.05, 0) is 53.6 Å². The van der Waals surface area contributed by atoms with Gasteiger partial charge in [0.25, 0.3) is 5.91 Å². The summed E-state index contributed by atoms with van der Waals surface area (Å²) in [5.74, 6) is -0.892. The Morgan fingerprint density at radius 1 is 1.00 bits per heavy atom. The maximum atomic E-state index is 13.8. The number of fused-ring (bicyclic) bond motifs is 1. The molecule has 1 unspecified atom stereocenters. The van der Waals surface area contributed by atoms with Gasteiger partial charge in [0.2, 0.25) is 5.78 Å². The van der Waals surface area contributed by atoms with Gasteiger partial charge in [-0.25, -0.2) is 0 Å². The fourth-order valence-corrected chi connectivity index (χ4v) is 4.84. The van der Waals surface area contributed by atoms with Crippen LogP contribution in [0.1, 0.15) is 27.7 Å². The molecule has 1 atom stereocenters. The zero-order valence-electron chi connectivity index (χ0n) is 21.5. The van der Waals surface area contributed by atoms with Crippen LogP contribution in [0.3, 0.4) is 0 Å². The number of hydrogen-bond acceptors (Lipinski definition) is 7. The van der Waals surface area contributed by atoms with Gasteiger partial charge in [-0.15, -0.1) is 0 Å². The number of carbonyl (C=O) groups excluding carboxylic acids is 2. The van der Waals surface area contributed by atoms with E-state index in [0.29, 0.717) is 40.3 Å². The number of ether oxygens (including phenoxy) is 2. The molecule has 5 aromatic rings. The molecule has 0 saturated heterocycles. The fraction of sp³-hybridized carbons (Fsp3) is 0.0938. The number of carbonyl (C=O) groups is 2. The quantitative estimate of drug-likeness (QED) is 0.238. The van der Waals surface area contributed by atoms with Crippen molar-refractivity contribution in [2.45, 2.75) is 12.6 Å². The lowest BCUT2D eigenvalue weighted by Crippen LogP contribution is -2.31. The number of Topliss-reactive ketones (excluding diaryl/α,β-unsaturated/α-hetero) is 1. The van der Waals surface area contributed by atoms with E-state index in [-0.39, 0.29) is 11.3 Å². The molecule has 8 nitrogen and oxygen atoms in total. The van der Waals surface area contributed by atoms with Gasteiger partial charge in [0.1, 0.15) is 12.4 Å². The van der Waals surface area contributed by atoms with Crippen LogP contribution in [0.5, 0.6) is 11.5 Å². The summed E-state index contributed by atoms with van der Waals surface area (Å²) in [5, 5.41) is 11.7. The first-order valence-corrected chi connectivity index (χ1v) is 12.6. The molecule has 1 aliphatic rings. The van der Waals surface area contributed by atoms with Crippen LogP contribution in [0.2, 0.25) is 0 Å². The SMILES string of the molecule is COc1cccc2cc(C(=O)C3=C(O)C(=O)N(c4ccc(OCc5ccccc5)cc4)C3c3cccnc3)oc12. The number of nitrogens with zero attached hydrogens (tertiary/aromatic N) is 2. The van der Waals surface area contributed by atoms with Gasteiger partial charge in [-0.1, -0.05) is 48.5 Å². The van der Waals surface area contributed by atoms with Gasteiger partial charge >= 0.3 is 0 Å². The summed E-state index contributed by atoms with van der Waals surface area (Å²) in [6.07, 6.45) is 3.16. The second kappa shape index (κ2) is 10.4. The van der Waals surface area contributed by atoms with E-state index in [2.05, 4.69) is 4.98 Å². The van der Waals surface area contributed by atoms with Crippen LogP contribution in [-0.2, 0) is 11.4 Å². The van der Waals surface area contributed by atoms with E-state index in [4.69, 9.17) is 13.9 Å². The van der Waals surface area contributed by atoms with Gasteiger partial charge < -0.3 is 19.0 Å². The molecule has 40 heavy (non-hydrogen) atoms. The highest BCUT2D eigenvalue weighted by Crippen LogP contribution is 2.42. The van der Waals surface area contributed by atoms with Crippen molar-refractivity contribution in [3.63, 3.8) is 0 Å². The number of aromatic nitrogens is 1. The number of pyridine rings is 1. The third-order valence-corrected chi connectivity index (χ3v) is 6.77. The Morgan fingerprint density at radius 2 is 1.80 bits per heavy atom. The highest BCUT2D eigenvalue weighted by Gasteiger charge is 2.45. The van der Waals surface area contributed by atoms with Crippen LogP contribution in [0.4, 0.5) is 5.69 Å². The molecule has 0 spiro atoms. The number of aliphatic hydroxyl groups is 1. The number of aliphatic hydroxyl groups excluding tert-OH is 1. The van der Waals surface area contributed by atoms with Gasteiger partial charge in [0.05, 0.1) is 18.7 Å². The molecule has 1 N–H and O–H groups in total. The van der Waals surface area contributed by atoms with Crippen molar-refractivity contribution in [1.82, 2.24) is 4.98 Å². The first kappa shape index (κ1) is 24.9. The Labute approximate surface area is 229 Å². The Hall–Kier alpha value is -5.37. The number of furan rings is 1. The maximum absolute atomic E-state index is 13.8. The van der Waals surface area contributed by atoms with Crippen molar-refractivity contribution in [1.29, 1.82) is 0 Å². The average molecular weight is 533 g/mol. The largest absolute Gasteiger partial charge is 0.503 e. The molecule has 0 fully saturated rings. The topological polar surface area (TPSA) is 102 Å². The van der Waals surface area contributed by atoms with E-state index in [1.54, 1.807) is 73.1 Å². The van der Waals surface area contributed by atoms with Crippen LogP contribution in [0.15, 0.2) is 119 Å². The minimum Gasteiger partial charge on any atom is -0.503 e. The van der Waals surface area contributed by atoms with Crippen LogP contribution in [0.25, 0.3) is 11.0 Å². The minimum atomic E-state index is -0.931. The lowest BCUT2D eigenvalue weighted by molar-refractivity contribution is -0.117. The molecular formula is C32H24N2O6. The predicted octanol–water partition coefficient (Wildman–Crippen LogP) is 6.20. The van der Waals surface area contributed by atoms with E-state index in [0.717, 1.165) is 5.56 Å². The monoisotopic (exact) mass is 532 g/mol. The summed E-state index contributed by atoms with van der Waals surface area (Å²) in [5.41, 5.74) is 2.37. The Morgan fingerprint density at radius 3 is 2.52 bits per heavy atom. The third kappa shape index (κ3) is 4.45. The zero-order chi connectivity index (χ0) is 27.6. The number of amides is 1. The summed E-state index contributed by atoms with van der Waals surface area (Å²) < 4.78 is 17.1. The second-order valence-electron chi connectivity index (χ2n) is 9.21. The molecule has 8 heteroatoms. The maximum Gasteiger partial charge on any atom is 0.294 e. The van der Waals surface area contributed by atoms with E-state index in [1.165, 1.54) is 12.0 Å². The fourth-order valence-electron chi connectivity index (χ4n) is 4.84. The van der Waals surface area contributed by atoms with E-state index >= 15 is 0 Å². The van der Waals surface area contributed by atoms with E-state index < -0.39 is 23.5 Å². The summed E-state index contributed by atoms with van der Waals surface area (Å²) in [6, 6.07) is 26.1. The minimum absolute atomic E-state index is 0.0192. The molecule has 3 heterocycles. The van der Waals surface area contributed by atoms with Gasteiger partial charge in [0, 0.05) is 23.5 Å². The zero-order valence-corrected chi connectivity index (χ0v) is 21.5. The van der Waals surface area contributed by atoms with Crippen molar-refractivity contribution in [3.05, 3.63) is 132 Å². The molecule has 0 bridgehead atoms. The van der Waals surface area contributed by atoms with Crippen LogP contribution in [0, 0.1) is 0 Å². The van der Waals surface area contributed by atoms with Crippen LogP contribution in [-0.4, -0.2) is 28.9 Å². The average Bonchev–Trinajstić information content (AvgIpc) is 3.56. The smallest absolute Gasteiger partial charge is 0.294 e. The molecule has 3 aromatic carbocycles. The summed E-state index contributed by atoms with van der Waals surface area (Å²) >= 11 is 0. The lowest BCUT2D eigenvalue weighted by Gasteiger charge is -2.26. The van der Waals surface area contributed by atoms with E-state index in [9.17, 15) is 14.7 Å². The van der Waals surface area contributed by atoms with Crippen molar-refractivity contribution < 1.29 is 28.6 Å². The first-order valence-electron chi connectivity index (χ1n) is 12.6. The van der Waals surface area contributed by atoms with Crippen LogP contribution < -0.4 is 14.4 Å². The highest BCUT2D eigenvalue weighted by atomic mass is 16.5. The highest BCUT2D eigenvalue weighted by molar-refractivity contribution is 6.20. The summed E-state index contributed by atoms with van der Waals surface area (Å²) in [7, 11) is 1.51. The normalized spacial score (nSPS) is 15.1. The standard InChI is InChI=1S/C32H24N2O6/c1-38-25-11-5-9-21-17-26(40-31(21)25)29(35)27-28(22-10-6-16-33-18-22)34(32(37)30(27)36)23-12-14-24(15-13-23)39-19-20-7-3-2-4-8-20/h2-18,28,36H,19H2,1H3. The number of para-hydroxylation sites is 1. The van der Waals surface area contributed by atoms with Gasteiger partial charge in [0.15, 0.2) is 22.9 Å². The molecule has 198 valence electrons. The van der Waals surface area contributed by atoms with Gasteiger partial charge in [-0.3, -0.25) is 19.5 Å². The molecule has 2 aromatic heterocycles. The molecule has 1 amide bonds. The molecule has 0 radical (unpaired) electrons. The number of anilines is 1. The lowest BCUT2D eigenvalue weighted by atomic mass is 9.96. The number of methoxy groups -OCH3 is 1. The van der Waals surface area contributed by atoms with Crippen molar-refractivity contribution in [3.8, 4) is 11.5 Å². The number of rotatable bonds is 8. The predicted molar refractivity (Wildman–Crippen MR) is 148 cm³/mol. The Kier molecular flexibility index (Phi) is 6.49. The van der Waals surface area contributed by atoms with Crippen molar-refractivity contribution >= 4 is 28.3 Å². The molecular weight excluding hydrogens is 508 g/mol. The first-order chi connectivity index (χ1) is 19.5. The van der Waals surface area contributed by atoms with Crippen molar-refractivity contribution in [2.24, 2.45) is 0 Å². The third-order valence-electron chi connectivity index (χ3n) is 6.77. The number of benzene rings is 3. The van der Waals surface area contributed by atoms with Crippen molar-refractivity contribution in [2.75, 3.05) is 12.0 Å². The second-order valence-corrected chi connectivity index (χ2v) is 9.21. The molecule has 1 aliphatic heterocycles. The summed E-state index contributed by atoms with van der Waals surface area (Å²) in [4.78, 5) is 32.9. The molecule has 0 saturated carbocycles. The van der Waals surface area contributed by atoms with Crippen LogP contribution >= 0.6 is 0 Å². The number of hydrogen-bond donors (Lipinski definition) is 1. The Bertz CT molecular complexity index is 1730. The van der Waals surface area contributed by atoms with E-state index in [1.807, 2.05) is 30.3 Å². The Balaban J connectivity index is 1.35. The number of ketones is 1. The molecule has 6 rings (SSSR count). The molecule has 0 aliphatic carbocycles. The van der Waals surface area contributed by atoms with Gasteiger partial charge in [-0.2, -0.15) is 0 Å².